The molecule has 0 aliphatic heterocycles. The molecule has 0 unspecified atom stereocenters. The van der Waals surface area contributed by atoms with Crippen LogP contribution in [0.2, 0.25) is 0 Å². The first-order valence-electron chi connectivity index (χ1n) is 8.24. The predicted octanol–water partition coefficient (Wildman–Crippen LogP) is 3.69. The Hall–Kier alpha value is -1.55. The molecule has 0 amide bonds. The summed E-state index contributed by atoms with van der Waals surface area (Å²) in [7, 11) is 3.38. The number of likely N-dealkylation sites (N-methyl/N-ethyl adjacent to an activating group) is 1. The molecular weight excluding hydrogens is 465 g/mol. The van der Waals surface area contributed by atoms with Crippen LogP contribution in [-0.2, 0) is 17.7 Å². The molecule has 6 nitrogen and oxygen atoms in total. The molecule has 0 aliphatic carbocycles. The Labute approximate surface area is 175 Å². The largest absolute Gasteiger partial charge is 0.465 e. The fourth-order valence-electron chi connectivity index (χ4n) is 2.40. The molecular formula is C18H26IN3O3S. The van der Waals surface area contributed by atoms with Gasteiger partial charge in [0.2, 0.25) is 0 Å². The van der Waals surface area contributed by atoms with Gasteiger partial charge < -0.3 is 19.4 Å². The average Bonchev–Trinajstić information content (AvgIpc) is 3.25. The van der Waals surface area contributed by atoms with Crippen molar-refractivity contribution in [2.75, 3.05) is 27.2 Å². The Bertz CT molecular complexity index is 713. The molecule has 0 atom stereocenters. The van der Waals surface area contributed by atoms with Gasteiger partial charge in [0, 0.05) is 25.0 Å². The third-order valence-corrected chi connectivity index (χ3v) is 4.67. The van der Waals surface area contributed by atoms with E-state index in [1.54, 1.807) is 24.3 Å². The number of nitrogens with one attached hydrogen (secondary N) is 1. The van der Waals surface area contributed by atoms with E-state index in [9.17, 15) is 4.79 Å². The lowest BCUT2D eigenvalue weighted by atomic mass is 10.2. The Balaban J connectivity index is 0.00000338. The van der Waals surface area contributed by atoms with Crippen LogP contribution in [0.5, 0.6) is 0 Å². The molecule has 1 N–H and O–H groups in total. The second-order valence-corrected chi connectivity index (χ2v) is 6.63. The van der Waals surface area contributed by atoms with Gasteiger partial charge >= 0.3 is 5.97 Å². The summed E-state index contributed by atoms with van der Waals surface area (Å²) in [4.78, 5) is 19.7. The Morgan fingerprint density at radius 3 is 2.85 bits per heavy atom. The lowest BCUT2D eigenvalue weighted by Crippen LogP contribution is -2.39. The summed E-state index contributed by atoms with van der Waals surface area (Å²) in [5, 5.41) is 5.37. The SMILES string of the molecule is CCNC(=NCc1cc(C(=O)OC)c(C)o1)N(C)CCc1cccs1.I. The minimum atomic E-state index is -0.392. The highest BCUT2D eigenvalue weighted by Crippen LogP contribution is 2.16. The van der Waals surface area contributed by atoms with E-state index in [1.165, 1.54) is 12.0 Å². The number of halogens is 1. The maximum atomic E-state index is 11.7. The molecule has 26 heavy (non-hydrogen) atoms. The number of carbonyl (C=O) groups is 1. The van der Waals surface area contributed by atoms with Gasteiger partial charge in [0.1, 0.15) is 23.6 Å². The highest BCUT2D eigenvalue weighted by atomic mass is 127. The first-order chi connectivity index (χ1) is 12.0. The maximum absolute atomic E-state index is 11.7. The first-order valence-corrected chi connectivity index (χ1v) is 9.12. The van der Waals surface area contributed by atoms with Crippen LogP contribution in [-0.4, -0.2) is 44.1 Å². The van der Waals surface area contributed by atoms with Crippen molar-refractivity contribution in [3.05, 3.63) is 45.5 Å². The molecule has 0 aliphatic rings. The van der Waals surface area contributed by atoms with E-state index < -0.39 is 5.97 Å². The average molecular weight is 491 g/mol. The number of thiophene rings is 1. The molecule has 0 saturated heterocycles. The minimum Gasteiger partial charge on any atom is -0.465 e. The topological polar surface area (TPSA) is 67.1 Å². The number of rotatable bonds is 7. The van der Waals surface area contributed by atoms with Crippen molar-refractivity contribution >= 4 is 47.2 Å². The number of aryl methyl sites for hydroxylation is 1. The van der Waals surface area contributed by atoms with Crippen LogP contribution in [0, 0.1) is 6.92 Å². The van der Waals surface area contributed by atoms with Crippen molar-refractivity contribution in [3.8, 4) is 0 Å². The minimum absolute atomic E-state index is 0. The zero-order valence-electron chi connectivity index (χ0n) is 15.6. The van der Waals surface area contributed by atoms with Crippen LogP contribution in [0.3, 0.4) is 0 Å². The molecule has 0 aromatic carbocycles. The molecule has 2 rings (SSSR count). The van der Waals surface area contributed by atoms with Gasteiger partial charge in [-0.25, -0.2) is 9.79 Å². The quantitative estimate of drug-likeness (QED) is 0.277. The normalized spacial score (nSPS) is 11.0. The highest BCUT2D eigenvalue weighted by Gasteiger charge is 2.15. The van der Waals surface area contributed by atoms with Gasteiger partial charge in [0.25, 0.3) is 0 Å². The molecule has 0 bridgehead atoms. The summed E-state index contributed by atoms with van der Waals surface area (Å²) in [5.74, 6) is 1.61. The van der Waals surface area contributed by atoms with Crippen molar-refractivity contribution in [1.29, 1.82) is 0 Å². The van der Waals surface area contributed by atoms with Gasteiger partial charge in [-0.05, 0) is 37.8 Å². The van der Waals surface area contributed by atoms with Crippen LogP contribution in [0.4, 0.5) is 0 Å². The molecule has 2 aromatic rings. The number of ether oxygens (including phenoxy) is 1. The molecule has 0 spiro atoms. The van der Waals surface area contributed by atoms with Crippen LogP contribution in [0.15, 0.2) is 33.0 Å². The number of esters is 1. The van der Waals surface area contributed by atoms with Crippen LogP contribution < -0.4 is 5.32 Å². The van der Waals surface area contributed by atoms with E-state index in [2.05, 4.69) is 32.7 Å². The first kappa shape index (κ1) is 22.5. The van der Waals surface area contributed by atoms with Gasteiger partial charge in [-0.2, -0.15) is 0 Å². The van der Waals surface area contributed by atoms with Crippen molar-refractivity contribution in [1.82, 2.24) is 10.2 Å². The van der Waals surface area contributed by atoms with Crippen molar-refractivity contribution in [2.45, 2.75) is 26.8 Å². The van der Waals surface area contributed by atoms with Gasteiger partial charge in [0.15, 0.2) is 5.96 Å². The summed E-state index contributed by atoms with van der Waals surface area (Å²) < 4.78 is 10.4. The monoisotopic (exact) mass is 491 g/mol. The number of hydrogen-bond donors (Lipinski definition) is 1. The Morgan fingerprint density at radius 2 is 2.23 bits per heavy atom. The van der Waals surface area contributed by atoms with Gasteiger partial charge in [-0.15, -0.1) is 35.3 Å². The van der Waals surface area contributed by atoms with Crippen LogP contribution in [0.1, 0.15) is 33.7 Å². The lowest BCUT2D eigenvalue weighted by Gasteiger charge is -2.21. The molecule has 144 valence electrons. The van der Waals surface area contributed by atoms with E-state index in [4.69, 9.17) is 9.15 Å². The molecule has 0 saturated carbocycles. The highest BCUT2D eigenvalue weighted by molar-refractivity contribution is 14.0. The maximum Gasteiger partial charge on any atom is 0.341 e. The Kier molecular flexibility index (Phi) is 9.71. The van der Waals surface area contributed by atoms with E-state index in [1.807, 2.05) is 14.0 Å². The number of furan rings is 1. The van der Waals surface area contributed by atoms with E-state index in [0.29, 0.717) is 23.6 Å². The smallest absolute Gasteiger partial charge is 0.341 e. The Morgan fingerprint density at radius 1 is 1.46 bits per heavy atom. The summed E-state index contributed by atoms with van der Waals surface area (Å²) in [6.07, 6.45) is 0.977. The van der Waals surface area contributed by atoms with E-state index in [0.717, 1.165) is 25.5 Å². The summed E-state index contributed by atoms with van der Waals surface area (Å²) in [6, 6.07) is 5.90. The number of methoxy groups -OCH3 is 1. The van der Waals surface area contributed by atoms with Crippen molar-refractivity contribution in [2.24, 2.45) is 4.99 Å². The lowest BCUT2D eigenvalue weighted by molar-refractivity contribution is 0.0599. The van der Waals surface area contributed by atoms with E-state index in [-0.39, 0.29) is 24.0 Å². The zero-order chi connectivity index (χ0) is 18.2. The predicted molar refractivity (Wildman–Crippen MR) is 116 cm³/mol. The van der Waals surface area contributed by atoms with Crippen LogP contribution >= 0.6 is 35.3 Å². The zero-order valence-corrected chi connectivity index (χ0v) is 18.7. The van der Waals surface area contributed by atoms with Crippen molar-refractivity contribution in [3.63, 3.8) is 0 Å². The van der Waals surface area contributed by atoms with Gasteiger partial charge in [-0.3, -0.25) is 0 Å². The second-order valence-electron chi connectivity index (χ2n) is 5.60. The number of nitrogens with zero attached hydrogens (tertiary/aromatic N) is 2. The summed E-state index contributed by atoms with van der Waals surface area (Å²) in [6.45, 7) is 5.81. The summed E-state index contributed by atoms with van der Waals surface area (Å²) >= 11 is 1.76. The molecule has 0 radical (unpaired) electrons. The van der Waals surface area contributed by atoms with E-state index >= 15 is 0 Å². The molecule has 0 fully saturated rings. The standard InChI is InChI=1S/C18H25N3O3S.HI/c1-5-19-18(21(3)9-8-15-7-6-10-25-15)20-12-14-11-16(13(2)24-14)17(22)23-4;/h6-7,10-11H,5,8-9,12H2,1-4H3,(H,19,20);1H. The van der Waals surface area contributed by atoms with Gasteiger partial charge in [-0.1, -0.05) is 6.07 Å². The molecule has 8 heteroatoms. The van der Waals surface area contributed by atoms with Crippen molar-refractivity contribution < 1.29 is 13.9 Å². The second kappa shape index (κ2) is 11.2. The van der Waals surface area contributed by atoms with Gasteiger partial charge in [0.05, 0.1) is 7.11 Å². The number of hydrogen-bond acceptors (Lipinski definition) is 5. The summed E-state index contributed by atoms with van der Waals surface area (Å²) in [5.41, 5.74) is 0.448. The molecule has 2 heterocycles. The molecule has 2 aromatic heterocycles. The number of aliphatic imine (C=N–C) groups is 1. The van der Waals surface area contributed by atoms with Crippen LogP contribution in [0.25, 0.3) is 0 Å². The fraction of sp³-hybridized carbons (Fsp3) is 0.444. The fourth-order valence-corrected chi connectivity index (χ4v) is 3.09. The third kappa shape index (κ3) is 6.31. The number of guanidine groups is 1. The number of carbonyl (C=O) groups excluding carboxylic acids is 1. The third-order valence-electron chi connectivity index (χ3n) is 3.73.